The molecule has 1 heterocycles. The van der Waals surface area contributed by atoms with Crippen LogP contribution >= 0.6 is 46.3 Å². The summed E-state index contributed by atoms with van der Waals surface area (Å²) in [4.78, 5) is 22.0. The van der Waals surface area contributed by atoms with Crippen LogP contribution in [0.15, 0.2) is 33.4 Å². The minimum absolute atomic E-state index is 0.104. The van der Waals surface area contributed by atoms with Crippen LogP contribution in [-0.4, -0.2) is 11.2 Å². The Morgan fingerprint density at radius 2 is 2.11 bits per heavy atom. The van der Waals surface area contributed by atoms with Crippen LogP contribution in [0, 0.1) is 10.1 Å². The number of nitrogens with zero attached hydrogens (tertiary/aromatic N) is 1. The van der Waals surface area contributed by atoms with Crippen molar-refractivity contribution in [2.24, 2.45) is 0 Å². The van der Waals surface area contributed by atoms with Crippen molar-refractivity contribution in [1.82, 2.24) is 0 Å². The molecule has 1 aromatic carbocycles. The summed E-state index contributed by atoms with van der Waals surface area (Å²) in [5.74, 6) is 0. The second kappa shape index (κ2) is 5.92. The average molecular weight is 334 g/mol. The van der Waals surface area contributed by atoms with Gasteiger partial charge in [0.15, 0.2) is 6.29 Å². The van der Waals surface area contributed by atoms with Gasteiger partial charge in [0.2, 0.25) is 0 Å². The average Bonchev–Trinajstić information content (AvgIpc) is 2.78. The zero-order valence-electron chi connectivity index (χ0n) is 9.13. The van der Waals surface area contributed by atoms with Gasteiger partial charge in [-0.2, -0.15) is 0 Å². The van der Waals surface area contributed by atoms with Gasteiger partial charge in [-0.15, -0.1) is 11.3 Å². The Bertz CT molecular complexity index is 657. The largest absolute Gasteiger partial charge is 0.297 e. The number of rotatable bonds is 4. The van der Waals surface area contributed by atoms with E-state index in [0.717, 1.165) is 23.1 Å². The molecule has 0 aliphatic rings. The summed E-state index contributed by atoms with van der Waals surface area (Å²) in [7, 11) is 0. The molecular weight excluding hydrogens is 329 g/mol. The van der Waals surface area contributed by atoms with Crippen LogP contribution in [0.1, 0.15) is 9.67 Å². The highest BCUT2D eigenvalue weighted by Crippen LogP contribution is 2.44. The summed E-state index contributed by atoms with van der Waals surface area (Å²) in [5.41, 5.74) is -0.104. The van der Waals surface area contributed by atoms with E-state index in [4.69, 9.17) is 23.2 Å². The Labute approximate surface area is 126 Å². The van der Waals surface area contributed by atoms with Crippen molar-refractivity contribution in [3.8, 4) is 0 Å². The number of carbonyl (C=O) groups excluding carboxylic acids is 1. The minimum atomic E-state index is -0.524. The molecule has 19 heavy (non-hydrogen) atoms. The number of hydrogen-bond acceptors (Lipinski definition) is 5. The van der Waals surface area contributed by atoms with Crippen LogP contribution in [0.3, 0.4) is 0 Å². The lowest BCUT2D eigenvalue weighted by Crippen LogP contribution is -1.86. The maximum absolute atomic E-state index is 10.9. The molecule has 0 bridgehead atoms. The molecule has 2 aromatic rings. The Kier molecular flexibility index (Phi) is 4.46. The predicted octanol–water partition coefficient (Wildman–Crippen LogP) is 4.93. The Balaban J connectivity index is 2.42. The van der Waals surface area contributed by atoms with Crippen molar-refractivity contribution in [1.29, 1.82) is 0 Å². The van der Waals surface area contributed by atoms with Crippen LogP contribution in [-0.2, 0) is 0 Å². The van der Waals surface area contributed by atoms with Gasteiger partial charge in [-0.25, -0.2) is 0 Å². The first-order valence-corrected chi connectivity index (χ1v) is 7.27. The van der Waals surface area contributed by atoms with Gasteiger partial charge in [-0.05, 0) is 12.1 Å². The molecule has 2 rings (SSSR count). The molecule has 0 radical (unpaired) electrons. The normalized spacial score (nSPS) is 10.4. The summed E-state index contributed by atoms with van der Waals surface area (Å²) in [6, 6.07) is 6.30. The second-order valence-electron chi connectivity index (χ2n) is 3.35. The second-order valence-corrected chi connectivity index (χ2v) is 6.53. The molecule has 8 heteroatoms. The summed E-state index contributed by atoms with van der Waals surface area (Å²) in [5, 5.41) is 11.6. The zero-order valence-corrected chi connectivity index (χ0v) is 12.3. The molecule has 0 saturated carbocycles. The van der Waals surface area contributed by atoms with E-state index in [0.29, 0.717) is 30.3 Å². The first kappa shape index (κ1) is 14.3. The van der Waals surface area contributed by atoms with E-state index >= 15 is 0 Å². The number of thiophene rings is 1. The fourth-order valence-electron chi connectivity index (χ4n) is 1.30. The molecule has 0 saturated heterocycles. The molecule has 4 nitrogen and oxygen atoms in total. The summed E-state index contributed by atoms with van der Waals surface area (Å²) in [6.45, 7) is 0. The molecule has 0 unspecified atom stereocenters. The molecule has 1 aromatic heterocycles. The summed E-state index contributed by atoms with van der Waals surface area (Å²) in [6.07, 6.45) is 0.585. The fraction of sp³-hybridized carbons (Fsp3) is 0. The van der Waals surface area contributed by atoms with Crippen molar-refractivity contribution in [2.45, 2.75) is 9.10 Å². The lowest BCUT2D eigenvalue weighted by atomic mass is 10.4. The van der Waals surface area contributed by atoms with Crippen LogP contribution in [0.2, 0.25) is 10.0 Å². The van der Waals surface area contributed by atoms with Gasteiger partial charge in [0.1, 0.15) is 4.21 Å². The molecule has 0 aliphatic carbocycles. The van der Waals surface area contributed by atoms with Crippen molar-refractivity contribution >= 4 is 58.3 Å². The van der Waals surface area contributed by atoms with E-state index in [1.165, 1.54) is 6.07 Å². The van der Waals surface area contributed by atoms with E-state index in [1.807, 2.05) is 0 Å². The lowest BCUT2D eigenvalue weighted by Gasteiger charge is -2.03. The van der Waals surface area contributed by atoms with Gasteiger partial charge in [-0.1, -0.05) is 41.0 Å². The number of nitro groups is 1. The van der Waals surface area contributed by atoms with Gasteiger partial charge >= 0.3 is 0 Å². The quantitative estimate of drug-likeness (QED) is 0.452. The SMILES string of the molecule is O=Cc1cc([N+](=O)[O-])c(Sc2cccc(Cl)c2Cl)s1. The van der Waals surface area contributed by atoms with Crippen LogP contribution in [0.5, 0.6) is 0 Å². The maximum Gasteiger partial charge on any atom is 0.294 e. The summed E-state index contributed by atoms with van der Waals surface area (Å²) < 4.78 is 0.399. The highest BCUT2D eigenvalue weighted by atomic mass is 35.5. The third kappa shape index (κ3) is 3.09. The van der Waals surface area contributed by atoms with E-state index < -0.39 is 4.92 Å². The lowest BCUT2D eigenvalue weighted by molar-refractivity contribution is -0.387. The van der Waals surface area contributed by atoms with E-state index in [9.17, 15) is 14.9 Å². The van der Waals surface area contributed by atoms with Gasteiger partial charge in [-0.3, -0.25) is 14.9 Å². The number of aldehydes is 1. The standard InChI is InChI=1S/C11H5Cl2NO3S2/c12-7-2-1-3-9(10(7)13)19-11-8(14(16)17)4-6(5-15)18-11/h1-5H. The highest BCUT2D eigenvalue weighted by Gasteiger charge is 2.21. The molecule has 0 amide bonds. The Morgan fingerprint density at radius 1 is 1.37 bits per heavy atom. The fourth-order valence-corrected chi connectivity index (χ4v) is 3.96. The number of halogens is 2. The Hall–Kier alpha value is -1.08. The third-order valence-corrected chi connectivity index (χ3v) is 5.36. The van der Waals surface area contributed by atoms with Gasteiger partial charge in [0.05, 0.1) is 19.8 Å². The first-order chi connectivity index (χ1) is 9.02. The van der Waals surface area contributed by atoms with E-state index in [-0.39, 0.29) is 5.69 Å². The molecule has 0 spiro atoms. The molecule has 98 valence electrons. The zero-order chi connectivity index (χ0) is 14.0. The smallest absolute Gasteiger partial charge is 0.294 e. The summed E-state index contributed by atoms with van der Waals surface area (Å²) >= 11 is 14.1. The van der Waals surface area contributed by atoms with Crippen molar-refractivity contribution in [3.05, 3.63) is 49.3 Å². The number of carbonyl (C=O) groups is 1. The predicted molar refractivity (Wildman–Crippen MR) is 76.9 cm³/mol. The van der Waals surface area contributed by atoms with Gasteiger partial charge < -0.3 is 0 Å². The molecule has 0 N–H and O–H groups in total. The van der Waals surface area contributed by atoms with Crippen LogP contribution in [0.4, 0.5) is 5.69 Å². The Morgan fingerprint density at radius 3 is 2.74 bits per heavy atom. The number of benzene rings is 1. The van der Waals surface area contributed by atoms with E-state index in [2.05, 4.69) is 0 Å². The van der Waals surface area contributed by atoms with E-state index in [1.54, 1.807) is 18.2 Å². The monoisotopic (exact) mass is 333 g/mol. The molecule has 0 aliphatic heterocycles. The maximum atomic E-state index is 10.9. The third-order valence-electron chi connectivity index (χ3n) is 2.13. The van der Waals surface area contributed by atoms with Crippen molar-refractivity contribution < 1.29 is 9.72 Å². The number of hydrogen-bond donors (Lipinski definition) is 0. The van der Waals surface area contributed by atoms with Crippen LogP contribution < -0.4 is 0 Å². The minimum Gasteiger partial charge on any atom is -0.297 e. The molecule has 0 atom stereocenters. The van der Waals surface area contributed by atoms with Crippen molar-refractivity contribution in [3.63, 3.8) is 0 Å². The van der Waals surface area contributed by atoms with Crippen LogP contribution in [0.25, 0.3) is 0 Å². The first-order valence-electron chi connectivity index (χ1n) is 4.88. The molecular formula is C11H5Cl2NO3S2. The van der Waals surface area contributed by atoms with Gasteiger partial charge in [0, 0.05) is 11.0 Å². The highest BCUT2D eigenvalue weighted by molar-refractivity contribution is 8.01. The molecule has 0 fully saturated rings. The van der Waals surface area contributed by atoms with Gasteiger partial charge in [0.25, 0.3) is 5.69 Å². The topological polar surface area (TPSA) is 60.2 Å². The van der Waals surface area contributed by atoms with Crippen molar-refractivity contribution in [2.75, 3.05) is 0 Å².